The van der Waals surface area contributed by atoms with Crippen molar-refractivity contribution >= 4 is 15.7 Å². The molecule has 2 rings (SSSR count). The molecule has 110 valence electrons. The molecule has 0 aromatic heterocycles. The van der Waals surface area contributed by atoms with Crippen LogP contribution >= 0.6 is 0 Å². The van der Waals surface area contributed by atoms with Gasteiger partial charge in [0.25, 0.3) is 5.91 Å². The van der Waals surface area contributed by atoms with E-state index in [0.29, 0.717) is 24.2 Å². The molecule has 1 fully saturated rings. The molecule has 20 heavy (non-hydrogen) atoms. The highest BCUT2D eigenvalue weighted by Crippen LogP contribution is 2.19. The van der Waals surface area contributed by atoms with Gasteiger partial charge in [-0.15, -0.1) is 0 Å². The molecule has 0 spiro atoms. The number of aryl methyl sites for hydroxylation is 1. The summed E-state index contributed by atoms with van der Waals surface area (Å²) in [4.78, 5) is 14.3. The average Bonchev–Trinajstić information content (AvgIpc) is 2.37. The summed E-state index contributed by atoms with van der Waals surface area (Å²) in [6, 6.07) is 4.82. The van der Waals surface area contributed by atoms with Crippen molar-refractivity contribution in [3.63, 3.8) is 0 Å². The first-order chi connectivity index (χ1) is 9.29. The summed E-state index contributed by atoms with van der Waals surface area (Å²) in [7, 11) is -3.33. The third kappa shape index (κ3) is 3.19. The Bertz CT molecular complexity index is 625. The molecular formula is C14H20N2O3S. The number of hydrogen-bond donors (Lipinski definition) is 1. The van der Waals surface area contributed by atoms with Gasteiger partial charge in [0.2, 0.25) is 0 Å². The van der Waals surface area contributed by atoms with Crippen molar-refractivity contribution in [3.8, 4) is 0 Å². The van der Waals surface area contributed by atoms with Gasteiger partial charge < -0.3 is 10.6 Å². The van der Waals surface area contributed by atoms with Crippen molar-refractivity contribution in [2.75, 3.05) is 19.3 Å². The predicted molar refractivity (Wildman–Crippen MR) is 77.4 cm³/mol. The van der Waals surface area contributed by atoms with Crippen LogP contribution in [0.3, 0.4) is 0 Å². The Kier molecular flexibility index (Phi) is 4.15. The summed E-state index contributed by atoms with van der Waals surface area (Å²) in [6.07, 6.45) is 2.96. The summed E-state index contributed by atoms with van der Waals surface area (Å²) in [5.74, 6) is -0.148. The Morgan fingerprint density at radius 1 is 1.40 bits per heavy atom. The molecule has 1 aliphatic rings. The predicted octanol–water partition coefficient (Wildman–Crippen LogP) is 0.962. The first-order valence-corrected chi connectivity index (χ1v) is 8.54. The molecule has 5 nitrogen and oxygen atoms in total. The smallest absolute Gasteiger partial charge is 0.253 e. The number of benzene rings is 1. The van der Waals surface area contributed by atoms with Crippen LogP contribution in [0.1, 0.15) is 28.8 Å². The largest absolute Gasteiger partial charge is 0.337 e. The zero-order valence-electron chi connectivity index (χ0n) is 11.8. The Morgan fingerprint density at radius 2 is 2.10 bits per heavy atom. The third-order valence-corrected chi connectivity index (χ3v) is 4.82. The van der Waals surface area contributed by atoms with E-state index in [-0.39, 0.29) is 16.8 Å². The minimum atomic E-state index is -3.33. The molecular weight excluding hydrogens is 276 g/mol. The number of piperidine rings is 1. The lowest BCUT2D eigenvalue weighted by atomic mass is 10.0. The second-order valence-corrected chi connectivity index (χ2v) is 7.39. The standard InChI is InChI=1S/C14H20N2O3S/c1-10-5-6-11(8-13(10)20(2,18)19)14(17)16-7-3-4-12(15)9-16/h5-6,8,12H,3-4,7,9,15H2,1-2H3. The van der Waals surface area contributed by atoms with Crippen LogP contribution in [0, 0.1) is 6.92 Å². The van der Waals surface area contributed by atoms with Gasteiger partial charge in [-0.05, 0) is 37.5 Å². The van der Waals surface area contributed by atoms with E-state index in [1.165, 1.54) is 6.07 Å². The van der Waals surface area contributed by atoms with E-state index in [9.17, 15) is 13.2 Å². The first-order valence-electron chi connectivity index (χ1n) is 6.64. The SMILES string of the molecule is Cc1ccc(C(=O)N2CCCC(N)C2)cc1S(C)(=O)=O. The Labute approximate surface area is 119 Å². The van der Waals surface area contributed by atoms with Crippen LogP contribution in [0.15, 0.2) is 23.1 Å². The molecule has 0 aliphatic carbocycles. The fraction of sp³-hybridized carbons (Fsp3) is 0.500. The summed E-state index contributed by atoms with van der Waals surface area (Å²) in [6.45, 7) is 2.93. The maximum Gasteiger partial charge on any atom is 0.253 e. The second kappa shape index (κ2) is 5.54. The van der Waals surface area contributed by atoms with Crippen LogP contribution < -0.4 is 5.73 Å². The van der Waals surface area contributed by atoms with Gasteiger partial charge in [0, 0.05) is 31.0 Å². The number of carbonyl (C=O) groups is 1. The van der Waals surface area contributed by atoms with Crippen LogP contribution in [-0.4, -0.2) is 44.6 Å². The highest BCUT2D eigenvalue weighted by molar-refractivity contribution is 7.90. The maximum atomic E-state index is 12.4. The molecule has 2 N–H and O–H groups in total. The quantitative estimate of drug-likeness (QED) is 0.881. The Morgan fingerprint density at radius 3 is 2.70 bits per heavy atom. The third-order valence-electron chi connectivity index (χ3n) is 3.58. The number of nitrogens with two attached hydrogens (primary N) is 1. The molecule has 1 aliphatic heterocycles. The number of carbonyl (C=O) groups excluding carboxylic acids is 1. The lowest BCUT2D eigenvalue weighted by Gasteiger charge is -2.31. The van der Waals surface area contributed by atoms with E-state index in [0.717, 1.165) is 19.1 Å². The fourth-order valence-corrected chi connectivity index (χ4v) is 3.50. The number of sulfone groups is 1. The number of rotatable bonds is 2. The zero-order chi connectivity index (χ0) is 14.9. The van der Waals surface area contributed by atoms with E-state index in [1.807, 2.05) is 0 Å². The van der Waals surface area contributed by atoms with Gasteiger partial charge >= 0.3 is 0 Å². The molecule has 1 atom stereocenters. The molecule has 1 heterocycles. The van der Waals surface area contributed by atoms with Gasteiger partial charge in [-0.2, -0.15) is 0 Å². The second-order valence-electron chi connectivity index (χ2n) is 5.41. The molecule has 6 heteroatoms. The molecule has 1 aromatic carbocycles. The summed E-state index contributed by atoms with van der Waals surface area (Å²) in [5, 5.41) is 0. The van der Waals surface area contributed by atoms with Crippen molar-refractivity contribution in [1.82, 2.24) is 4.90 Å². The van der Waals surface area contributed by atoms with Crippen LogP contribution in [0.5, 0.6) is 0 Å². The van der Waals surface area contributed by atoms with Crippen molar-refractivity contribution in [2.45, 2.75) is 30.7 Å². The lowest BCUT2D eigenvalue weighted by Crippen LogP contribution is -2.45. The normalized spacial score (nSPS) is 19.9. The van der Waals surface area contributed by atoms with Crippen LogP contribution in [0.25, 0.3) is 0 Å². The molecule has 0 bridgehead atoms. The monoisotopic (exact) mass is 296 g/mol. The van der Waals surface area contributed by atoms with Crippen molar-refractivity contribution in [2.24, 2.45) is 5.73 Å². The highest BCUT2D eigenvalue weighted by atomic mass is 32.2. The average molecular weight is 296 g/mol. The zero-order valence-corrected chi connectivity index (χ0v) is 12.6. The Hall–Kier alpha value is -1.40. The van der Waals surface area contributed by atoms with E-state index < -0.39 is 9.84 Å². The fourth-order valence-electron chi connectivity index (χ4n) is 2.51. The van der Waals surface area contributed by atoms with Crippen LogP contribution in [0.2, 0.25) is 0 Å². The van der Waals surface area contributed by atoms with Crippen LogP contribution in [0.4, 0.5) is 0 Å². The highest BCUT2D eigenvalue weighted by Gasteiger charge is 2.23. The van der Waals surface area contributed by atoms with Crippen molar-refractivity contribution in [1.29, 1.82) is 0 Å². The van der Waals surface area contributed by atoms with Gasteiger partial charge in [-0.25, -0.2) is 8.42 Å². The minimum absolute atomic E-state index is 0.00697. The molecule has 1 unspecified atom stereocenters. The van der Waals surface area contributed by atoms with Crippen molar-refractivity contribution in [3.05, 3.63) is 29.3 Å². The van der Waals surface area contributed by atoms with E-state index in [4.69, 9.17) is 5.73 Å². The van der Waals surface area contributed by atoms with Gasteiger partial charge in [0.15, 0.2) is 9.84 Å². The Balaban J connectivity index is 2.31. The molecule has 1 amide bonds. The topological polar surface area (TPSA) is 80.5 Å². The summed E-state index contributed by atoms with van der Waals surface area (Å²) < 4.78 is 23.4. The van der Waals surface area contributed by atoms with Gasteiger partial charge in [-0.1, -0.05) is 6.07 Å². The maximum absolute atomic E-state index is 12.4. The van der Waals surface area contributed by atoms with E-state index in [2.05, 4.69) is 0 Å². The van der Waals surface area contributed by atoms with E-state index >= 15 is 0 Å². The molecule has 0 radical (unpaired) electrons. The van der Waals surface area contributed by atoms with Gasteiger partial charge in [0.05, 0.1) is 4.90 Å². The van der Waals surface area contributed by atoms with E-state index in [1.54, 1.807) is 24.0 Å². The molecule has 1 aromatic rings. The summed E-state index contributed by atoms with van der Waals surface area (Å²) >= 11 is 0. The molecule has 0 saturated carbocycles. The number of nitrogens with zero attached hydrogens (tertiary/aromatic N) is 1. The summed E-state index contributed by atoms with van der Waals surface area (Å²) in [5.41, 5.74) is 6.93. The number of likely N-dealkylation sites (tertiary alicyclic amines) is 1. The number of amides is 1. The van der Waals surface area contributed by atoms with Crippen molar-refractivity contribution < 1.29 is 13.2 Å². The minimum Gasteiger partial charge on any atom is -0.337 e. The van der Waals surface area contributed by atoms with Gasteiger partial charge in [-0.3, -0.25) is 4.79 Å². The van der Waals surface area contributed by atoms with Crippen LogP contribution in [-0.2, 0) is 9.84 Å². The number of hydrogen-bond acceptors (Lipinski definition) is 4. The van der Waals surface area contributed by atoms with Gasteiger partial charge in [0.1, 0.15) is 0 Å². The molecule has 1 saturated heterocycles. The lowest BCUT2D eigenvalue weighted by molar-refractivity contribution is 0.0708. The first kappa shape index (κ1) is 15.0.